The predicted octanol–water partition coefficient (Wildman–Crippen LogP) is 4.49. The second-order valence-electron chi connectivity index (χ2n) is 3.56. The molecule has 0 atom stereocenters. The van der Waals surface area contributed by atoms with Crippen LogP contribution in [-0.4, -0.2) is 11.5 Å². The van der Waals surface area contributed by atoms with Crippen LogP contribution < -0.4 is 5.32 Å². The van der Waals surface area contributed by atoms with Crippen LogP contribution in [0.25, 0.3) is 11.3 Å². The Balaban J connectivity index is 2.45. The van der Waals surface area contributed by atoms with E-state index in [9.17, 15) is 0 Å². The van der Waals surface area contributed by atoms with E-state index in [0.29, 0.717) is 10.0 Å². The Hall–Kier alpha value is -1.25. The molecule has 1 N–H and O–H groups in total. The molecule has 0 fully saturated rings. The summed E-state index contributed by atoms with van der Waals surface area (Å²) in [5, 5.41) is 4.47. The maximum absolute atomic E-state index is 6.14. The standard InChI is InChI=1S/C13H12Cl2N2/c1-2-16-13-5-3-4-12(17-13)10-8-9(14)6-7-11(10)15/h3-8H,2H2,1H3,(H,16,17). The van der Waals surface area contributed by atoms with E-state index in [2.05, 4.69) is 10.3 Å². The van der Waals surface area contributed by atoms with Gasteiger partial charge < -0.3 is 5.32 Å². The lowest BCUT2D eigenvalue weighted by Crippen LogP contribution is -1.99. The summed E-state index contributed by atoms with van der Waals surface area (Å²) in [7, 11) is 0. The molecule has 0 saturated carbocycles. The smallest absolute Gasteiger partial charge is 0.126 e. The van der Waals surface area contributed by atoms with Gasteiger partial charge in [0.2, 0.25) is 0 Å². The number of aromatic nitrogens is 1. The Morgan fingerprint density at radius 1 is 1.18 bits per heavy atom. The molecule has 0 aliphatic heterocycles. The van der Waals surface area contributed by atoms with E-state index >= 15 is 0 Å². The molecule has 0 aliphatic rings. The molecule has 0 radical (unpaired) electrons. The SMILES string of the molecule is CCNc1cccc(-c2cc(Cl)ccc2Cl)n1. The summed E-state index contributed by atoms with van der Waals surface area (Å²) in [6, 6.07) is 11.1. The number of hydrogen-bond acceptors (Lipinski definition) is 2. The number of benzene rings is 1. The third kappa shape index (κ3) is 2.90. The van der Waals surface area contributed by atoms with Crippen molar-refractivity contribution in [1.29, 1.82) is 0 Å². The van der Waals surface area contributed by atoms with Crippen molar-refractivity contribution >= 4 is 29.0 Å². The highest BCUT2D eigenvalue weighted by Gasteiger charge is 2.06. The fourth-order valence-corrected chi connectivity index (χ4v) is 1.94. The molecular formula is C13H12Cl2N2. The summed E-state index contributed by atoms with van der Waals surface area (Å²) in [6.07, 6.45) is 0. The number of hydrogen-bond donors (Lipinski definition) is 1. The van der Waals surface area contributed by atoms with Crippen LogP contribution in [0, 0.1) is 0 Å². The van der Waals surface area contributed by atoms with Crippen molar-refractivity contribution < 1.29 is 0 Å². The van der Waals surface area contributed by atoms with E-state index in [0.717, 1.165) is 23.6 Å². The van der Waals surface area contributed by atoms with Crippen LogP contribution in [0.1, 0.15) is 6.92 Å². The minimum absolute atomic E-state index is 0.649. The summed E-state index contributed by atoms with van der Waals surface area (Å²) < 4.78 is 0. The molecule has 2 aromatic rings. The van der Waals surface area contributed by atoms with Gasteiger partial charge in [-0.2, -0.15) is 0 Å². The molecule has 0 amide bonds. The fourth-order valence-electron chi connectivity index (χ4n) is 1.56. The second kappa shape index (κ2) is 5.39. The van der Waals surface area contributed by atoms with Gasteiger partial charge in [0.25, 0.3) is 0 Å². The summed E-state index contributed by atoms with van der Waals surface area (Å²) in [4.78, 5) is 4.48. The normalized spacial score (nSPS) is 10.3. The summed E-state index contributed by atoms with van der Waals surface area (Å²) in [5.74, 6) is 0.834. The van der Waals surface area contributed by atoms with E-state index in [1.165, 1.54) is 0 Å². The van der Waals surface area contributed by atoms with Crippen molar-refractivity contribution in [2.75, 3.05) is 11.9 Å². The Kier molecular flexibility index (Phi) is 3.87. The Morgan fingerprint density at radius 3 is 2.76 bits per heavy atom. The summed E-state index contributed by atoms with van der Waals surface area (Å²) in [6.45, 7) is 2.86. The van der Waals surface area contributed by atoms with Gasteiger partial charge >= 0.3 is 0 Å². The lowest BCUT2D eigenvalue weighted by atomic mass is 10.1. The molecule has 1 aromatic carbocycles. The van der Waals surface area contributed by atoms with Gasteiger partial charge in [-0.25, -0.2) is 4.98 Å². The minimum Gasteiger partial charge on any atom is -0.370 e. The van der Waals surface area contributed by atoms with Gasteiger partial charge in [-0.1, -0.05) is 29.3 Å². The molecule has 17 heavy (non-hydrogen) atoms. The molecule has 0 aliphatic carbocycles. The van der Waals surface area contributed by atoms with Crippen LogP contribution in [0.2, 0.25) is 10.0 Å². The molecule has 88 valence electrons. The predicted molar refractivity (Wildman–Crippen MR) is 73.9 cm³/mol. The van der Waals surface area contributed by atoms with Gasteiger partial charge in [0, 0.05) is 17.1 Å². The van der Waals surface area contributed by atoms with Crippen molar-refractivity contribution in [3.05, 3.63) is 46.4 Å². The summed E-state index contributed by atoms with van der Waals surface area (Å²) >= 11 is 12.1. The van der Waals surface area contributed by atoms with Crippen LogP contribution in [0.3, 0.4) is 0 Å². The zero-order valence-corrected chi connectivity index (χ0v) is 10.9. The zero-order valence-electron chi connectivity index (χ0n) is 9.37. The number of anilines is 1. The van der Waals surface area contributed by atoms with Crippen LogP contribution in [0.15, 0.2) is 36.4 Å². The molecular weight excluding hydrogens is 255 g/mol. The highest BCUT2D eigenvalue weighted by Crippen LogP contribution is 2.29. The van der Waals surface area contributed by atoms with Gasteiger partial charge in [-0.05, 0) is 37.3 Å². The number of halogens is 2. The van der Waals surface area contributed by atoms with E-state index in [-0.39, 0.29) is 0 Å². The van der Waals surface area contributed by atoms with Crippen LogP contribution >= 0.6 is 23.2 Å². The average Bonchev–Trinajstić information content (AvgIpc) is 2.33. The Bertz CT molecular complexity index is 527. The maximum Gasteiger partial charge on any atom is 0.126 e. The lowest BCUT2D eigenvalue weighted by Gasteiger charge is -2.07. The number of nitrogens with one attached hydrogen (secondary N) is 1. The number of rotatable bonds is 3. The number of nitrogens with zero attached hydrogens (tertiary/aromatic N) is 1. The molecule has 2 nitrogen and oxygen atoms in total. The maximum atomic E-state index is 6.14. The molecule has 4 heteroatoms. The van der Waals surface area contributed by atoms with E-state index in [1.54, 1.807) is 12.1 Å². The molecule has 0 saturated heterocycles. The Morgan fingerprint density at radius 2 is 2.00 bits per heavy atom. The Labute approximate surface area is 111 Å². The molecule has 0 spiro atoms. The van der Waals surface area contributed by atoms with Crippen LogP contribution in [-0.2, 0) is 0 Å². The van der Waals surface area contributed by atoms with Crippen molar-refractivity contribution in [3.8, 4) is 11.3 Å². The third-order valence-electron chi connectivity index (χ3n) is 2.31. The minimum atomic E-state index is 0.649. The van der Waals surface area contributed by atoms with Crippen molar-refractivity contribution in [2.24, 2.45) is 0 Å². The van der Waals surface area contributed by atoms with Gasteiger partial charge in [0.1, 0.15) is 5.82 Å². The third-order valence-corrected chi connectivity index (χ3v) is 2.88. The van der Waals surface area contributed by atoms with Gasteiger partial charge in [-0.15, -0.1) is 0 Å². The van der Waals surface area contributed by atoms with E-state index in [4.69, 9.17) is 23.2 Å². The number of pyridine rings is 1. The monoisotopic (exact) mass is 266 g/mol. The topological polar surface area (TPSA) is 24.9 Å². The highest BCUT2D eigenvalue weighted by molar-refractivity contribution is 6.35. The average molecular weight is 267 g/mol. The van der Waals surface area contributed by atoms with E-state index in [1.807, 2.05) is 31.2 Å². The van der Waals surface area contributed by atoms with Gasteiger partial charge in [0.05, 0.1) is 10.7 Å². The first-order valence-corrected chi connectivity index (χ1v) is 6.12. The highest BCUT2D eigenvalue weighted by atomic mass is 35.5. The van der Waals surface area contributed by atoms with Crippen molar-refractivity contribution in [2.45, 2.75) is 6.92 Å². The van der Waals surface area contributed by atoms with Gasteiger partial charge in [0.15, 0.2) is 0 Å². The molecule has 1 heterocycles. The van der Waals surface area contributed by atoms with Gasteiger partial charge in [-0.3, -0.25) is 0 Å². The second-order valence-corrected chi connectivity index (χ2v) is 4.41. The van der Waals surface area contributed by atoms with Crippen molar-refractivity contribution in [3.63, 3.8) is 0 Å². The molecule has 0 bridgehead atoms. The molecule has 2 rings (SSSR count). The largest absolute Gasteiger partial charge is 0.370 e. The first kappa shape index (κ1) is 12.2. The molecule has 1 aromatic heterocycles. The van der Waals surface area contributed by atoms with Crippen molar-refractivity contribution in [1.82, 2.24) is 4.98 Å². The fraction of sp³-hybridized carbons (Fsp3) is 0.154. The lowest BCUT2D eigenvalue weighted by molar-refractivity contribution is 1.16. The quantitative estimate of drug-likeness (QED) is 0.886. The van der Waals surface area contributed by atoms with Crippen LogP contribution in [0.4, 0.5) is 5.82 Å². The summed E-state index contributed by atoms with van der Waals surface area (Å²) in [5.41, 5.74) is 1.66. The van der Waals surface area contributed by atoms with E-state index < -0.39 is 0 Å². The first-order chi connectivity index (χ1) is 8.20. The zero-order chi connectivity index (χ0) is 12.3. The van der Waals surface area contributed by atoms with Crippen LogP contribution in [0.5, 0.6) is 0 Å². The first-order valence-electron chi connectivity index (χ1n) is 5.37. The molecule has 0 unspecified atom stereocenters.